The fraction of sp³-hybridized carbons (Fsp3) is 0.929. The molecule has 1 N–H and O–H groups in total. The predicted molar refractivity (Wildman–Crippen MR) is 89.4 cm³/mol. The molecular formula is C14H29NO5SSi. The number of hydrogen-bond acceptors (Lipinski definition) is 5. The van der Waals surface area contributed by atoms with Crippen molar-refractivity contribution in [3.8, 4) is 0 Å². The average molecular weight is 352 g/mol. The number of sulfone groups is 1. The lowest BCUT2D eigenvalue weighted by Crippen LogP contribution is -2.57. The van der Waals surface area contributed by atoms with E-state index in [-0.39, 0.29) is 29.6 Å². The minimum Gasteiger partial charge on any atom is -0.480 e. The second-order valence-corrected chi connectivity index (χ2v) is 14.6. The van der Waals surface area contributed by atoms with Gasteiger partial charge in [0, 0.05) is 13.1 Å². The minimum absolute atomic E-state index is 0.00441. The highest BCUT2D eigenvalue weighted by molar-refractivity contribution is 7.91. The lowest BCUT2D eigenvalue weighted by molar-refractivity contribution is -0.146. The Hall–Kier alpha value is -0.443. The van der Waals surface area contributed by atoms with Gasteiger partial charge < -0.3 is 9.53 Å². The second kappa shape index (κ2) is 6.58. The van der Waals surface area contributed by atoms with Crippen molar-refractivity contribution in [3.63, 3.8) is 0 Å². The van der Waals surface area contributed by atoms with Gasteiger partial charge in [-0.15, -0.1) is 0 Å². The maximum atomic E-state index is 11.7. The van der Waals surface area contributed by atoms with Gasteiger partial charge in [0.2, 0.25) is 0 Å². The van der Waals surface area contributed by atoms with Crippen LogP contribution in [0.1, 0.15) is 27.7 Å². The molecule has 0 amide bonds. The van der Waals surface area contributed by atoms with Gasteiger partial charge in [-0.25, -0.2) is 8.42 Å². The first-order chi connectivity index (χ1) is 9.77. The lowest BCUT2D eigenvalue weighted by Gasteiger charge is -2.42. The summed E-state index contributed by atoms with van der Waals surface area (Å²) in [4.78, 5) is 13.4. The van der Waals surface area contributed by atoms with Crippen molar-refractivity contribution in [1.82, 2.24) is 4.90 Å². The van der Waals surface area contributed by atoms with Crippen molar-refractivity contribution in [2.24, 2.45) is 0 Å². The summed E-state index contributed by atoms with van der Waals surface area (Å²) >= 11 is 0. The monoisotopic (exact) mass is 351 g/mol. The summed E-state index contributed by atoms with van der Waals surface area (Å²) in [6, 6.07) is -0.801. The highest BCUT2D eigenvalue weighted by Crippen LogP contribution is 2.37. The van der Waals surface area contributed by atoms with E-state index in [1.54, 1.807) is 11.8 Å². The predicted octanol–water partition coefficient (Wildman–Crippen LogP) is 1.58. The van der Waals surface area contributed by atoms with Gasteiger partial charge in [0.25, 0.3) is 0 Å². The first kappa shape index (κ1) is 19.6. The van der Waals surface area contributed by atoms with Crippen LogP contribution in [0.15, 0.2) is 0 Å². The molecule has 1 fully saturated rings. The van der Waals surface area contributed by atoms with E-state index in [4.69, 9.17) is 4.43 Å². The molecule has 1 heterocycles. The summed E-state index contributed by atoms with van der Waals surface area (Å²) in [6.07, 6.45) is -0.473. The largest absolute Gasteiger partial charge is 0.480 e. The topological polar surface area (TPSA) is 83.9 Å². The number of nitrogens with zero attached hydrogens (tertiary/aromatic N) is 1. The quantitative estimate of drug-likeness (QED) is 0.757. The van der Waals surface area contributed by atoms with E-state index >= 15 is 0 Å². The van der Waals surface area contributed by atoms with Crippen LogP contribution in [0.25, 0.3) is 0 Å². The summed E-state index contributed by atoms with van der Waals surface area (Å²) in [5.74, 6) is -0.918. The molecule has 6 nitrogen and oxygen atoms in total. The molecule has 0 saturated carbocycles. The summed E-state index contributed by atoms with van der Waals surface area (Å²) in [7, 11) is -5.10. The third kappa shape index (κ3) is 4.77. The van der Waals surface area contributed by atoms with E-state index in [9.17, 15) is 18.3 Å². The number of aliphatic carboxylic acids is 1. The molecule has 1 saturated heterocycles. The Kier molecular flexibility index (Phi) is 5.87. The molecule has 0 radical (unpaired) electrons. The Morgan fingerprint density at radius 2 is 1.68 bits per heavy atom. The van der Waals surface area contributed by atoms with E-state index in [0.29, 0.717) is 0 Å². The Balaban J connectivity index is 2.86. The molecule has 0 spiro atoms. The van der Waals surface area contributed by atoms with Crippen molar-refractivity contribution in [1.29, 1.82) is 0 Å². The van der Waals surface area contributed by atoms with Crippen LogP contribution in [-0.4, -0.2) is 69.5 Å². The van der Waals surface area contributed by atoms with Crippen molar-refractivity contribution in [3.05, 3.63) is 0 Å². The zero-order valence-electron chi connectivity index (χ0n) is 14.4. The van der Waals surface area contributed by atoms with Crippen LogP contribution >= 0.6 is 0 Å². The summed E-state index contributed by atoms with van der Waals surface area (Å²) in [5.41, 5.74) is 0. The molecule has 0 bridgehead atoms. The Morgan fingerprint density at radius 3 is 2.05 bits per heavy atom. The van der Waals surface area contributed by atoms with Gasteiger partial charge in [-0.2, -0.15) is 0 Å². The van der Waals surface area contributed by atoms with Gasteiger partial charge in [0.15, 0.2) is 18.2 Å². The molecular weight excluding hydrogens is 322 g/mol. The summed E-state index contributed by atoms with van der Waals surface area (Å²) in [5, 5.41) is 9.57. The summed E-state index contributed by atoms with van der Waals surface area (Å²) < 4.78 is 29.2. The SMILES string of the molecule is C[C@H](O[Si](C)(C)C(C)(C)C)[C@H](C(=O)O)N1CCS(=O)(=O)CC1. The van der Waals surface area contributed by atoms with Gasteiger partial charge in [-0.05, 0) is 25.1 Å². The normalized spacial score (nSPS) is 23.0. The molecule has 1 aliphatic heterocycles. The van der Waals surface area contributed by atoms with Crippen LogP contribution in [0.2, 0.25) is 18.1 Å². The van der Waals surface area contributed by atoms with Crippen molar-refractivity contribution in [2.75, 3.05) is 24.6 Å². The molecule has 22 heavy (non-hydrogen) atoms. The van der Waals surface area contributed by atoms with Crippen molar-refractivity contribution >= 4 is 24.1 Å². The van der Waals surface area contributed by atoms with Gasteiger partial charge in [-0.3, -0.25) is 9.69 Å². The molecule has 0 unspecified atom stereocenters. The number of rotatable bonds is 5. The zero-order valence-corrected chi connectivity index (χ0v) is 16.2. The minimum atomic E-state index is -3.03. The number of hydrogen-bond donors (Lipinski definition) is 1. The smallest absolute Gasteiger partial charge is 0.323 e. The molecule has 0 aromatic heterocycles. The maximum absolute atomic E-state index is 11.7. The molecule has 1 rings (SSSR count). The Morgan fingerprint density at radius 1 is 1.23 bits per heavy atom. The number of carbonyl (C=O) groups is 1. The molecule has 2 atom stereocenters. The molecule has 0 aromatic carbocycles. The third-order valence-electron chi connectivity index (χ3n) is 4.76. The Labute approximate surface area is 134 Å². The fourth-order valence-corrected chi connectivity index (χ4v) is 5.01. The van der Waals surface area contributed by atoms with E-state index < -0.39 is 36.3 Å². The molecule has 0 aliphatic carbocycles. The third-order valence-corrected chi connectivity index (χ3v) is 10.9. The second-order valence-electron chi connectivity index (χ2n) is 7.55. The van der Waals surface area contributed by atoms with Crippen LogP contribution in [0.5, 0.6) is 0 Å². The van der Waals surface area contributed by atoms with E-state index in [2.05, 4.69) is 33.9 Å². The van der Waals surface area contributed by atoms with E-state index in [1.165, 1.54) is 0 Å². The van der Waals surface area contributed by atoms with E-state index in [0.717, 1.165) is 0 Å². The van der Waals surface area contributed by atoms with Crippen LogP contribution < -0.4 is 0 Å². The Bertz CT molecular complexity index is 498. The first-order valence-corrected chi connectivity index (χ1v) is 12.3. The number of carboxylic acids is 1. The highest BCUT2D eigenvalue weighted by atomic mass is 32.2. The van der Waals surface area contributed by atoms with Gasteiger partial charge in [0.1, 0.15) is 6.04 Å². The van der Waals surface area contributed by atoms with Gasteiger partial charge >= 0.3 is 5.97 Å². The molecule has 8 heteroatoms. The van der Waals surface area contributed by atoms with Crippen LogP contribution in [0.3, 0.4) is 0 Å². The molecule has 0 aromatic rings. The molecule has 130 valence electrons. The average Bonchev–Trinajstić information content (AvgIpc) is 2.29. The highest BCUT2D eigenvalue weighted by Gasteiger charge is 2.43. The molecule has 1 aliphatic rings. The van der Waals surface area contributed by atoms with Gasteiger partial charge in [-0.1, -0.05) is 20.8 Å². The fourth-order valence-electron chi connectivity index (χ4n) is 2.36. The van der Waals surface area contributed by atoms with Crippen LogP contribution in [0, 0.1) is 0 Å². The van der Waals surface area contributed by atoms with Gasteiger partial charge in [0.05, 0.1) is 17.6 Å². The lowest BCUT2D eigenvalue weighted by atomic mass is 10.1. The standard InChI is InChI=1S/C14H29NO5SSi/c1-11(20-22(5,6)14(2,3)4)12(13(16)17)15-7-9-21(18,19)10-8-15/h11-12H,7-10H2,1-6H3,(H,16,17)/t11-,12+/m0/s1. The van der Waals surface area contributed by atoms with Crippen molar-refractivity contribution in [2.45, 2.75) is 58.0 Å². The number of carboxylic acid groups (broad SMARTS) is 1. The first-order valence-electron chi connectivity index (χ1n) is 7.62. The van der Waals surface area contributed by atoms with Crippen LogP contribution in [0.4, 0.5) is 0 Å². The zero-order chi connectivity index (χ0) is 17.3. The maximum Gasteiger partial charge on any atom is 0.323 e. The summed E-state index contributed by atoms with van der Waals surface area (Å²) in [6.45, 7) is 12.8. The van der Waals surface area contributed by atoms with Crippen molar-refractivity contribution < 1.29 is 22.7 Å². The van der Waals surface area contributed by atoms with Crippen LogP contribution in [-0.2, 0) is 19.1 Å². The van der Waals surface area contributed by atoms with E-state index in [1.807, 2.05) is 0 Å².